The van der Waals surface area contributed by atoms with Crippen molar-refractivity contribution in [1.82, 2.24) is 19.7 Å². The van der Waals surface area contributed by atoms with Gasteiger partial charge in [-0.2, -0.15) is 5.10 Å². The number of aliphatic carboxylic acids is 1. The molecule has 7 nitrogen and oxygen atoms in total. The van der Waals surface area contributed by atoms with E-state index in [4.69, 9.17) is 0 Å². The number of likely N-dealkylation sites (tertiary alicyclic amines) is 1. The predicted octanol–water partition coefficient (Wildman–Crippen LogP) is 2.79. The van der Waals surface area contributed by atoms with Gasteiger partial charge in [-0.3, -0.25) is 9.59 Å². The van der Waals surface area contributed by atoms with Crippen LogP contribution in [0.2, 0.25) is 0 Å². The van der Waals surface area contributed by atoms with Crippen molar-refractivity contribution in [2.45, 2.75) is 6.92 Å². The summed E-state index contributed by atoms with van der Waals surface area (Å²) in [6, 6.07) is 9.75. The Bertz CT molecular complexity index is 982. The van der Waals surface area contributed by atoms with Gasteiger partial charge >= 0.3 is 5.97 Å². The topological polar surface area (TPSA) is 88.3 Å². The lowest BCUT2D eigenvalue weighted by Crippen LogP contribution is -2.30. The van der Waals surface area contributed by atoms with Gasteiger partial charge in [0.25, 0.3) is 5.91 Å². The van der Waals surface area contributed by atoms with Crippen molar-refractivity contribution in [3.8, 4) is 16.3 Å². The van der Waals surface area contributed by atoms with Crippen molar-refractivity contribution in [1.29, 1.82) is 0 Å². The Hall–Kier alpha value is -3.00. The van der Waals surface area contributed by atoms with E-state index in [1.807, 2.05) is 43.5 Å². The monoisotopic (exact) mass is 382 g/mol. The average molecular weight is 382 g/mol. The van der Waals surface area contributed by atoms with Crippen molar-refractivity contribution in [3.05, 3.63) is 53.8 Å². The fourth-order valence-electron chi connectivity index (χ4n) is 3.28. The molecule has 3 aromatic rings. The summed E-state index contributed by atoms with van der Waals surface area (Å²) in [5, 5.41) is 16.0. The fraction of sp³-hybridized carbons (Fsp3) is 0.263. The Morgan fingerprint density at radius 3 is 2.70 bits per heavy atom. The molecule has 0 aliphatic carbocycles. The third kappa shape index (κ3) is 3.35. The molecule has 1 aliphatic heterocycles. The van der Waals surface area contributed by atoms with Gasteiger partial charge in [0, 0.05) is 30.2 Å². The van der Waals surface area contributed by atoms with E-state index in [-0.39, 0.29) is 18.4 Å². The molecule has 1 aromatic carbocycles. The maximum Gasteiger partial charge on any atom is 0.308 e. The van der Waals surface area contributed by atoms with Crippen LogP contribution in [0.25, 0.3) is 16.3 Å². The molecule has 2 aromatic heterocycles. The highest BCUT2D eigenvalue weighted by atomic mass is 32.1. The summed E-state index contributed by atoms with van der Waals surface area (Å²) < 4.78 is 1.76. The maximum atomic E-state index is 12.7. The molecule has 1 fully saturated rings. The van der Waals surface area contributed by atoms with E-state index in [1.165, 1.54) is 11.3 Å². The van der Waals surface area contributed by atoms with E-state index in [0.29, 0.717) is 17.2 Å². The zero-order valence-corrected chi connectivity index (χ0v) is 15.5. The third-order valence-electron chi connectivity index (χ3n) is 4.79. The van der Waals surface area contributed by atoms with E-state index >= 15 is 0 Å². The summed E-state index contributed by atoms with van der Waals surface area (Å²) in [7, 11) is 0. The van der Waals surface area contributed by atoms with Crippen molar-refractivity contribution in [3.63, 3.8) is 0 Å². The molecule has 0 radical (unpaired) electrons. The number of nitrogens with zero attached hydrogens (tertiary/aromatic N) is 4. The summed E-state index contributed by atoms with van der Waals surface area (Å²) in [5.74, 6) is -1.65. The van der Waals surface area contributed by atoms with Gasteiger partial charge in [-0.15, -0.1) is 11.3 Å². The van der Waals surface area contributed by atoms with Crippen LogP contribution in [0.5, 0.6) is 0 Å². The van der Waals surface area contributed by atoms with Crippen LogP contribution < -0.4 is 0 Å². The first kappa shape index (κ1) is 17.4. The minimum atomic E-state index is -0.856. The van der Waals surface area contributed by atoms with Crippen LogP contribution >= 0.6 is 11.3 Å². The van der Waals surface area contributed by atoms with Crippen LogP contribution in [0, 0.1) is 11.8 Å². The molecule has 1 amide bonds. The molecule has 1 N–H and O–H groups in total. The number of thiazole rings is 1. The van der Waals surface area contributed by atoms with Crippen molar-refractivity contribution in [2.75, 3.05) is 13.1 Å². The van der Waals surface area contributed by atoms with Gasteiger partial charge in [-0.25, -0.2) is 9.67 Å². The van der Waals surface area contributed by atoms with Gasteiger partial charge in [0.1, 0.15) is 10.7 Å². The molecule has 138 valence electrons. The van der Waals surface area contributed by atoms with Gasteiger partial charge in [-0.1, -0.05) is 25.1 Å². The summed E-state index contributed by atoms with van der Waals surface area (Å²) >= 11 is 1.38. The third-order valence-corrected chi connectivity index (χ3v) is 5.68. The summed E-state index contributed by atoms with van der Waals surface area (Å²) in [6.07, 6.45) is 3.60. The predicted molar refractivity (Wildman–Crippen MR) is 101 cm³/mol. The standard InChI is InChI=1S/C19H18N4O3S/c1-12-8-22(10-15(12)19(25)26)18(24)16-11-27-17(21-16)13-7-20-23(9-13)14-5-3-2-4-6-14/h2-7,9,11-12,15H,8,10H2,1H3,(H,25,26)/t12-,15-/m1/s1. The molecule has 0 bridgehead atoms. The summed E-state index contributed by atoms with van der Waals surface area (Å²) in [4.78, 5) is 30.0. The van der Waals surface area contributed by atoms with Crippen molar-refractivity contribution < 1.29 is 14.7 Å². The van der Waals surface area contributed by atoms with Crippen molar-refractivity contribution in [2.24, 2.45) is 11.8 Å². The normalized spacial score (nSPS) is 19.4. The van der Waals surface area contributed by atoms with Gasteiger partial charge in [-0.05, 0) is 18.1 Å². The Kier molecular flexibility index (Phi) is 4.49. The number of amides is 1. The molecule has 27 heavy (non-hydrogen) atoms. The molecule has 1 saturated heterocycles. The number of hydrogen-bond acceptors (Lipinski definition) is 5. The second-order valence-corrected chi connectivity index (χ2v) is 7.54. The molecule has 8 heteroatoms. The molecular weight excluding hydrogens is 364 g/mol. The largest absolute Gasteiger partial charge is 0.481 e. The molecule has 3 heterocycles. The minimum Gasteiger partial charge on any atom is -0.481 e. The van der Waals surface area contributed by atoms with Crippen LogP contribution in [0.3, 0.4) is 0 Å². The Labute approximate surface area is 159 Å². The summed E-state index contributed by atoms with van der Waals surface area (Å²) in [6.45, 7) is 2.53. The molecule has 0 saturated carbocycles. The Morgan fingerprint density at radius 1 is 1.22 bits per heavy atom. The number of carboxylic acids is 1. The van der Waals surface area contributed by atoms with E-state index in [1.54, 1.807) is 21.2 Å². The molecule has 2 atom stereocenters. The van der Waals surface area contributed by atoms with Gasteiger partial charge < -0.3 is 10.0 Å². The van der Waals surface area contributed by atoms with Crippen LogP contribution in [0.1, 0.15) is 17.4 Å². The number of benzene rings is 1. The number of para-hydroxylation sites is 1. The van der Waals surface area contributed by atoms with Crippen molar-refractivity contribution >= 4 is 23.2 Å². The van der Waals surface area contributed by atoms with Gasteiger partial charge in [0.15, 0.2) is 0 Å². The first-order chi connectivity index (χ1) is 13.0. The number of aromatic nitrogens is 3. The van der Waals surface area contributed by atoms with Crippen LogP contribution in [0.15, 0.2) is 48.1 Å². The number of carboxylic acid groups (broad SMARTS) is 1. The highest BCUT2D eigenvalue weighted by Gasteiger charge is 2.37. The maximum absolute atomic E-state index is 12.7. The Balaban J connectivity index is 1.52. The second kappa shape index (κ2) is 6.96. The SMILES string of the molecule is C[C@@H]1CN(C(=O)c2csc(-c3cnn(-c4ccccc4)c3)n2)C[C@H]1C(=O)O. The van der Waals surface area contributed by atoms with E-state index < -0.39 is 11.9 Å². The lowest BCUT2D eigenvalue weighted by atomic mass is 9.99. The average Bonchev–Trinajstić information content (AvgIpc) is 3.40. The van der Waals surface area contributed by atoms with Gasteiger partial charge in [0.05, 0.1) is 17.8 Å². The van der Waals surface area contributed by atoms with Crippen LogP contribution in [-0.4, -0.2) is 49.7 Å². The number of carbonyl (C=O) groups is 2. The smallest absolute Gasteiger partial charge is 0.308 e. The second-order valence-electron chi connectivity index (χ2n) is 6.68. The highest BCUT2D eigenvalue weighted by Crippen LogP contribution is 2.28. The van der Waals surface area contributed by atoms with E-state index in [0.717, 1.165) is 11.3 Å². The molecule has 0 unspecified atom stereocenters. The molecule has 4 rings (SSSR count). The minimum absolute atomic E-state index is 0.0614. The zero-order chi connectivity index (χ0) is 19.0. The first-order valence-electron chi connectivity index (χ1n) is 8.61. The molecule has 0 spiro atoms. The van der Waals surface area contributed by atoms with Gasteiger partial charge in [0.2, 0.25) is 0 Å². The fourth-order valence-corrected chi connectivity index (χ4v) is 4.05. The van der Waals surface area contributed by atoms with Crippen LogP contribution in [-0.2, 0) is 4.79 Å². The molecular formula is C19H18N4O3S. The quantitative estimate of drug-likeness (QED) is 0.750. The number of hydrogen-bond donors (Lipinski definition) is 1. The highest BCUT2D eigenvalue weighted by molar-refractivity contribution is 7.13. The first-order valence-corrected chi connectivity index (χ1v) is 9.49. The summed E-state index contributed by atoms with van der Waals surface area (Å²) in [5.41, 5.74) is 2.13. The lowest BCUT2D eigenvalue weighted by Gasteiger charge is -2.13. The van der Waals surface area contributed by atoms with E-state index in [9.17, 15) is 14.7 Å². The molecule has 1 aliphatic rings. The van der Waals surface area contributed by atoms with Crippen LogP contribution in [0.4, 0.5) is 0 Å². The zero-order valence-electron chi connectivity index (χ0n) is 14.6. The Morgan fingerprint density at radius 2 is 2.00 bits per heavy atom. The number of rotatable bonds is 4. The lowest BCUT2D eigenvalue weighted by molar-refractivity contribution is -0.142. The number of carbonyl (C=O) groups excluding carboxylic acids is 1. The van der Waals surface area contributed by atoms with E-state index in [2.05, 4.69) is 10.1 Å².